The van der Waals surface area contributed by atoms with E-state index < -0.39 is 8.07 Å². The molecular formula is C26H38Si. The topological polar surface area (TPSA) is 0 Å². The van der Waals surface area contributed by atoms with Gasteiger partial charge in [-0.1, -0.05) is 100 Å². The highest BCUT2D eigenvalue weighted by molar-refractivity contribution is 7.10. The van der Waals surface area contributed by atoms with Crippen molar-refractivity contribution in [1.82, 2.24) is 0 Å². The zero-order valence-corrected chi connectivity index (χ0v) is 20.2. The Bertz CT molecular complexity index is 766. The van der Waals surface area contributed by atoms with Gasteiger partial charge < -0.3 is 0 Å². The van der Waals surface area contributed by atoms with Gasteiger partial charge in [-0.2, -0.15) is 0 Å². The fourth-order valence-electron chi connectivity index (χ4n) is 5.05. The molecule has 0 N–H and O–H groups in total. The summed E-state index contributed by atoms with van der Waals surface area (Å²) in [6.07, 6.45) is 0. The van der Waals surface area contributed by atoms with Gasteiger partial charge in [-0.3, -0.25) is 0 Å². The predicted octanol–water partition coefficient (Wildman–Crippen LogP) is 6.09. The molecule has 0 bridgehead atoms. The molecule has 0 unspecified atom stereocenters. The zero-order chi connectivity index (χ0) is 20.4. The van der Waals surface area contributed by atoms with E-state index in [9.17, 15) is 0 Å². The van der Waals surface area contributed by atoms with Gasteiger partial charge in [-0.05, 0) is 60.0 Å². The first kappa shape index (κ1) is 20.4. The third-order valence-corrected chi connectivity index (χ3v) is 11.5. The van der Waals surface area contributed by atoms with Crippen molar-refractivity contribution >= 4 is 18.4 Å². The van der Waals surface area contributed by atoms with E-state index in [0.717, 1.165) is 0 Å². The van der Waals surface area contributed by atoms with E-state index in [1.54, 1.807) is 10.4 Å². The number of aryl methyl sites for hydroxylation is 4. The molecule has 3 rings (SSSR count). The predicted molar refractivity (Wildman–Crippen MR) is 124 cm³/mol. The van der Waals surface area contributed by atoms with E-state index in [-0.39, 0.29) is 10.8 Å². The van der Waals surface area contributed by atoms with Crippen LogP contribution in [0.25, 0.3) is 0 Å². The zero-order valence-electron chi connectivity index (χ0n) is 19.2. The third kappa shape index (κ3) is 3.56. The molecule has 0 radical (unpaired) electrons. The molecule has 0 saturated carbocycles. The van der Waals surface area contributed by atoms with Crippen LogP contribution >= 0.6 is 0 Å². The Morgan fingerprint density at radius 3 is 1.00 bits per heavy atom. The maximum Gasteiger partial charge on any atom is 0.119 e. The molecule has 1 heterocycles. The van der Waals surface area contributed by atoms with Crippen molar-refractivity contribution in [3.63, 3.8) is 0 Å². The van der Waals surface area contributed by atoms with E-state index in [1.807, 2.05) is 0 Å². The van der Waals surface area contributed by atoms with Gasteiger partial charge in [0, 0.05) is 0 Å². The van der Waals surface area contributed by atoms with Crippen molar-refractivity contribution in [3.05, 3.63) is 57.6 Å². The first-order valence-electron chi connectivity index (χ1n) is 10.5. The van der Waals surface area contributed by atoms with Crippen molar-refractivity contribution < 1.29 is 0 Å². The SMILES string of the molecule is Cc1cc(C(C)(C)C)cc(C)c1[Si]1(c2c(C)cc(C(C)(C)C)cc2C)CC1. The molecule has 0 nitrogen and oxygen atoms in total. The summed E-state index contributed by atoms with van der Waals surface area (Å²) in [6.45, 7) is 23.4. The Balaban J connectivity index is 2.17. The van der Waals surface area contributed by atoms with Crippen molar-refractivity contribution in [2.75, 3.05) is 0 Å². The third-order valence-electron chi connectivity index (χ3n) is 6.50. The quantitative estimate of drug-likeness (QED) is 0.555. The summed E-state index contributed by atoms with van der Waals surface area (Å²) in [5, 5.41) is 3.45. The Morgan fingerprint density at radius 2 is 0.815 bits per heavy atom. The summed E-state index contributed by atoms with van der Waals surface area (Å²) >= 11 is 0. The summed E-state index contributed by atoms with van der Waals surface area (Å²) in [6, 6.07) is 12.7. The number of hydrogen-bond donors (Lipinski definition) is 0. The van der Waals surface area contributed by atoms with Crippen molar-refractivity contribution in [2.45, 2.75) is 92.2 Å². The van der Waals surface area contributed by atoms with E-state index in [2.05, 4.69) is 93.5 Å². The number of benzene rings is 2. The van der Waals surface area contributed by atoms with Crippen LogP contribution in [-0.4, -0.2) is 8.07 Å². The second-order valence-electron chi connectivity index (χ2n) is 11.1. The van der Waals surface area contributed by atoms with E-state index >= 15 is 0 Å². The average Bonchev–Trinajstić information content (AvgIpc) is 3.24. The molecule has 27 heavy (non-hydrogen) atoms. The van der Waals surface area contributed by atoms with Crippen LogP contribution in [0.15, 0.2) is 24.3 Å². The largest absolute Gasteiger partial charge is 0.119 e. The summed E-state index contributed by atoms with van der Waals surface area (Å²) in [5.74, 6) is 0. The Kier molecular flexibility index (Phi) is 4.79. The van der Waals surface area contributed by atoms with Crippen LogP contribution in [0.2, 0.25) is 12.1 Å². The molecule has 0 atom stereocenters. The molecule has 0 amide bonds. The highest BCUT2D eigenvalue weighted by Gasteiger charge is 2.51. The fraction of sp³-hybridized carbons (Fsp3) is 0.538. The van der Waals surface area contributed by atoms with Gasteiger partial charge in [0.05, 0.1) is 0 Å². The van der Waals surface area contributed by atoms with Gasteiger partial charge in [0.15, 0.2) is 0 Å². The Morgan fingerprint density at radius 1 is 0.556 bits per heavy atom. The minimum Gasteiger partial charge on any atom is -0.0561 e. The molecular weight excluding hydrogens is 340 g/mol. The van der Waals surface area contributed by atoms with E-state index in [0.29, 0.717) is 0 Å². The molecule has 1 heteroatoms. The van der Waals surface area contributed by atoms with Gasteiger partial charge in [0.25, 0.3) is 0 Å². The van der Waals surface area contributed by atoms with Crippen molar-refractivity contribution in [1.29, 1.82) is 0 Å². The van der Waals surface area contributed by atoms with Crippen LogP contribution in [0.3, 0.4) is 0 Å². The lowest BCUT2D eigenvalue weighted by molar-refractivity contribution is 0.589. The van der Waals surface area contributed by atoms with Crippen LogP contribution in [0, 0.1) is 27.7 Å². The number of rotatable bonds is 2. The van der Waals surface area contributed by atoms with Gasteiger partial charge in [0.1, 0.15) is 8.07 Å². The van der Waals surface area contributed by atoms with Crippen LogP contribution < -0.4 is 10.4 Å². The summed E-state index contributed by atoms with van der Waals surface area (Å²) in [7, 11) is -1.55. The molecule has 2 aromatic carbocycles. The van der Waals surface area contributed by atoms with E-state index in [4.69, 9.17) is 0 Å². The molecule has 0 spiro atoms. The highest BCUT2D eigenvalue weighted by atomic mass is 28.3. The summed E-state index contributed by atoms with van der Waals surface area (Å²) < 4.78 is 0. The van der Waals surface area contributed by atoms with Crippen molar-refractivity contribution in [2.24, 2.45) is 0 Å². The number of hydrogen-bond acceptors (Lipinski definition) is 0. The van der Waals surface area contributed by atoms with E-state index in [1.165, 1.54) is 45.5 Å². The average molecular weight is 379 g/mol. The minimum absolute atomic E-state index is 0.215. The maximum atomic E-state index is 2.48. The molecule has 0 aliphatic carbocycles. The van der Waals surface area contributed by atoms with Gasteiger partial charge in [-0.15, -0.1) is 0 Å². The first-order valence-corrected chi connectivity index (χ1v) is 12.9. The molecule has 1 fully saturated rings. The smallest absolute Gasteiger partial charge is 0.0561 e. The Labute approximate surface area is 168 Å². The lowest BCUT2D eigenvalue weighted by Crippen LogP contribution is -2.50. The monoisotopic (exact) mass is 378 g/mol. The standard InChI is InChI=1S/C26H38Si/c1-17-13-21(25(5,6)7)14-18(2)23(17)27(11-12-27)24-19(3)15-22(16-20(24)4)26(8,9)10/h13-16H,11-12H2,1-10H3. The molecule has 0 aromatic heterocycles. The molecule has 2 aromatic rings. The summed E-state index contributed by atoms with van der Waals surface area (Å²) in [4.78, 5) is 0. The van der Waals surface area contributed by atoms with Crippen molar-refractivity contribution in [3.8, 4) is 0 Å². The molecule has 146 valence electrons. The Hall–Kier alpha value is -1.34. The highest BCUT2D eigenvalue weighted by Crippen LogP contribution is 2.40. The summed E-state index contributed by atoms with van der Waals surface area (Å²) in [5.41, 5.74) is 9.50. The normalized spacial score (nSPS) is 16.5. The van der Waals surface area contributed by atoms with Gasteiger partial charge in [-0.25, -0.2) is 0 Å². The minimum atomic E-state index is -1.55. The molecule has 1 aliphatic heterocycles. The first-order chi connectivity index (χ1) is 12.3. The van der Waals surface area contributed by atoms with Gasteiger partial charge in [0.2, 0.25) is 0 Å². The van der Waals surface area contributed by atoms with Crippen LogP contribution in [0.1, 0.15) is 74.9 Å². The molecule has 1 aliphatic rings. The maximum absolute atomic E-state index is 2.48. The van der Waals surface area contributed by atoms with Crippen LogP contribution in [-0.2, 0) is 10.8 Å². The second kappa shape index (κ2) is 6.34. The molecule has 1 saturated heterocycles. The lowest BCUT2D eigenvalue weighted by atomic mass is 9.85. The van der Waals surface area contributed by atoms with Crippen LogP contribution in [0.5, 0.6) is 0 Å². The second-order valence-corrected chi connectivity index (χ2v) is 15.2. The fourth-order valence-corrected chi connectivity index (χ4v) is 10.6. The van der Waals surface area contributed by atoms with Gasteiger partial charge >= 0.3 is 0 Å². The lowest BCUT2D eigenvalue weighted by Gasteiger charge is -2.29. The van der Waals surface area contributed by atoms with Crippen LogP contribution in [0.4, 0.5) is 0 Å².